The van der Waals surface area contributed by atoms with Crippen LogP contribution in [0.25, 0.3) is 11.3 Å². The quantitative estimate of drug-likeness (QED) is 0.456. The molecule has 0 bridgehead atoms. The number of benzene rings is 1. The summed E-state index contributed by atoms with van der Waals surface area (Å²) in [6.45, 7) is 21.1. The highest BCUT2D eigenvalue weighted by Crippen LogP contribution is 2.37. The normalized spacial score (nSPS) is 18.7. The second-order valence-electron chi connectivity index (χ2n) is 13.9. The van der Waals surface area contributed by atoms with Crippen molar-refractivity contribution in [2.75, 3.05) is 19.8 Å². The van der Waals surface area contributed by atoms with E-state index in [1.165, 1.54) is 54.5 Å². The molecule has 1 saturated carbocycles. The van der Waals surface area contributed by atoms with Crippen LogP contribution >= 0.6 is 0 Å². The number of aromatic nitrogens is 1. The minimum Gasteiger partial charge on any atom is -0.380 e. The van der Waals surface area contributed by atoms with Gasteiger partial charge in [-0.05, 0) is 71.4 Å². The summed E-state index contributed by atoms with van der Waals surface area (Å²) in [6, 6.07) is 9.24. The molecule has 2 aliphatic rings. The summed E-state index contributed by atoms with van der Waals surface area (Å²) < 4.78 is 7.84. The predicted octanol–water partition coefficient (Wildman–Crippen LogP) is 7.41. The van der Waals surface area contributed by atoms with Crippen LogP contribution in [-0.2, 0) is 22.1 Å². The van der Waals surface area contributed by atoms with Gasteiger partial charge in [0, 0.05) is 29.9 Å². The molecule has 1 saturated heterocycles. The number of rotatable bonds is 6. The molecule has 2 fully saturated rings. The van der Waals surface area contributed by atoms with Crippen molar-refractivity contribution in [2.45, 2.75) is 105 Å². The molecular weight excluding hydrogens is 444 g/mol. The fourth-order valence-electron chi connectivity index (χ4n) is 5.56. The number of hydrogen-bond acceptors (Lipinski definition) is 2. The molecule has 1 aromatic carbocycles. The Morgan fingerprint density at radius 3 is 2.06 bits per heavy atom. The lowest BCUT2D eigenvalue weighted by atomic mass is 9.79. The SMILES string of the molecule is Cc1c(C(=O)NCC2(C)COC2)cc(-c2cc(C(C)(C)C)cc(C(C)(C)C)c2)n1CC1CCCCC1. The monoisotopic (exact) mass is 492 g/mol. The Balaban J connectivity index is 1.77. The third kappa shape index (κ3) is 5.90. The third-order valence-electron chi connectivity index (χ3n) is 8.31. The Labute approximate surface area is 219 Å². The predicted molar refractivity (Wildman–Crippen MR) is 150 cm³/mol. The van der Waals surface area contributed by atoms with Gasteiger partial charge in [0.1, 0.15) is 0 Å². The van der Waals surface area contributed by atoms with Gasteiger partial charge < -0.3 is 14.6 Å². The minimum absolute atomic E-state index is 0.0345. The third-order valence-corrected chi connectivity index (χ3v) is 8.31. The van der Waals surface area contributed by atoms with Gasteiger partial charge in [-0.25, -0.2) is 0 Å². The zero-order valence-corrected chi connectivity index (χ0v) is 24.0. The van der Waals surface area contributed by atoms with E-state index in [-0.39, 0.29) is 22.2 Å². The van der Waals surface area contributed by atoms with Gasteiger partial charge in [-0.15, -0.1) is 0 Å². The number of carbonyl (C=O) groups is 1. The molecule has 0 unspecified atom stereocenters. The zero-order valence-electron chi connectivity index (χ0n) is 24.0. The lowest BCUT2D eigenvalue weighted by Gasteiger charge is -2.38. The van der Waals surface area contributed by atoms with Crippen molar-refractivity contribution in [1.29, 1.82) is 0 Å². The molecule has 198 valence electrons. The first-order valence-electron chi connectivity index (χ1n) is 14.0. The highest BCUT2D eigenvalue weighted by molar-refractivity contribution is 5.97. The molecule has 1 aromatic heterocycles. The first-order chi connectivity index (χ1) is 16.8. The second kappa shape index (κ2) is 10.0. The Kier molecular flexibility index (Phi) is 7.50. The number of amides is 1. The molecular formula is C32H48N2O2. The van der Waals surface area contributed by atoms with Crippen LogP contribution < -0.4 is 5.32 Å². The fourth-order valence-corrected chi connectivity index (χ4v) is 5.56. The molecule has 4 heteroatoms. The van der Waals surface area contributed by atoms with Crippen molar-refractivity contribution in [3.8, 4) is 11.3 Å². The molecule has 1 aliphatic carbocycles. The number of ether oxygens (including phenoxy) is 1. The summed E-state index contributed by atoms with van der Waals surface area (Å²) in [5, 5.41) is 3.22. The van der Waals surface area contributed by atoms with Gasteiger partial charge in [-0.3, -0.25) is 4.79 Å². The van der Waals surface area contributed by atoms with Crippen LogP contribution in [0.15, 0.2) is 24.3 Å². The van der Waals surface area contributed by atoms with Crippen molar-refractivity contribution in [2.24, 2.45) is 11.3 Å². The molecule has 2 aromatic rings. The van der Waals surface area contributed by atoms with E-state index in [2.05, 4.69) is 89.5 Å². The Morgan fingerprint density at radius 2 is 1.56 bits per heavy atom. The minimum atomic E-state index is 0.0345. The van der Waals surface area contributed by atoms with Gasteiger partial charge in [0.05, 0.1) is 18.8 Å². The maximum Gasteiger partial charge on any atom is 0.253 e. The summed E-state index contributed by atoms with van der Waals surface area (Å²) in [6.07, 6.45) is 6.56. The highest BCUT2D eigenvalue weighted by atomic mass is 16.5. The second-order valence-corrected chi connectivity index (χ2v) is 13.9. The molecule has 0 atom stereocenters. The van der Waals surface area contributed by atoms with E-state index < -0.39 is 0 Å². The summed E-state index contributed by atoms with van der Waals surface area (Å²) >= 11 is 0. The molecule has 1 aliphatic heterocycles. The van der Waals surface area contributed by atoms with Gasteiger partial charge in [-0.2, -0.15) is 0 Å². The first-order valence-corrected chi connectivity index (χ1v) is 14.0. The van der Waals surface area contributed by atoms with Gasteiger partial charge in [0.2, 0.25) is 0 Å². The topological polar surface area (TPSA) is 43.3 Å². The average Bonchev–Trinajstić information content (AvgIpc) is 3.11. The summed E-state index contributed by atoms with van der Waals surface area (Å²) in [4.78, 5) is 13.4. The van der Waals surface area contributed by atoms with Crippen molar-refractivity contribution in [3.05, 3.63) is 46.6 Å². The molecule has 0 spiro atoms. The van der Waals surface area contributed by atoms with E-state index >= 15 is 0 Å². The van der Waals surface area contributed by atoms with Crippen LogP contribution in [0.4, 0.5) is 0 Å². The van der Waals surface area contributed by atoms with Crippen LogP contribution in [0.3, 0.4) is 0 Å². The van der Waals surface area contributed by atoms with Crippen LogP contribution in [0.2, 0.25) is 0 Å². The largest absolute Gasteiger partial charge is 0.380 e. The van der Waals surface area contributed by atoms with Gasteiger partial charge in [0.15, 0.2) is 0 Å². The fraction of sp³-hybridized carbons (Fsp3) is 0.656. The number of hydrogen-bond donors (Lipinski definition) is 1. The average molecular weight is 493 g/mol. The van der Waals surface area contributed by atoms with Crippen LogP contribution in [-0.4, -0.2) is 30.2 Å². The smallest absolute Gasteiger partial charge is 0.253 e. The summed E-state index contributed by atoms with van der Waals surface area (Å²) in [7, 11) is 0. The maximum absolute atomic E-state index is 13.4. The van der Waals surface area contributed by atoms with E-state index in [0.717, 1.165) is 31.0 Å². The standard InChI is InChI=1S/C32H48N2O2/c1-22-27(29(35)33-19-32(8)20-36-21-32)17-28(34(22)18-23-12-10-9-11-13-23)24-14-25(30(2,3)4)16-26(15-24)31(5,6)7/h14-17,23H,9-13,18-21H2,1-8H3,(H,33,35). The van der Waals surface area contributed by atoms with E-state index in [1.54, 1.807) is 0 Å². The number of nitrogens with zero attached hydrogens (tertiary/aromatic N) is 1. The summed E-state index contributed by atoms with van der Waals surface area (Å²) in [5.74, 6) is 0.714. The Morgan fingerprint density at radius 1 is 0.972 bits per heavy atom. The Hall–Kier alpha value is -2.07. The molecule has 2 heterocycles. The van der Waals surface area contributed by atoms with Gasteiger partial charge in [0.25, 0.3) is 5.91 Å². The van der Waals surface area contributed by atoms with E-state index in [9.17, 15) is 4.79 Å². The maximum atomic E-state index is 13.4. The molecule has 0 radical (unpaired) electrons. The highest BCUT2D eigenvalue weighted by Gasteiger charge is 2.34. The van der Waals surface area contributed by atoms with Crippen LogP contribution in [0.1, 0.15) is 108 Å². The summed E-state index contributed by atoms with van der Waals surface area (Å²) in [5.41, 5.74) is 7.14. The lowest BCUT2D eigenvalue weighted by molar-refractivity contribution is -0.0978. The number of carbonyl (C=O) groups excluding carboxylic acids is 1. The number of nitrogens with one attached hydrogen (secondary N) is 1. The molecule has 1 amide bonds. The molecule has 36 heavy (non-hydrogen) atoms. The lowest BCUT2D eigenvalue weighted by Crippen LogP contribution is -2.48. The van der Waals surface area contributed by atoms with Gasteiger partial charge >= 0.3 is 0 Å². The van der Waals surface area contributed by atoms with Crippen molar-refractivity contribution < 1.29 is 9.53 Å². The van der Waals surface area contributed by atoms with Crippen molar-refractivity contribution >= 4 is 5.91 Å². The van der Waals surface area contributed by atoms with Crippen LogP contribution in [0.5, 0.6) is 0 Å². The van der Waals surface area contributed by atoms with Crippen molar-refractivity contribution in [1.82, 2.24) is 9.88 Å². The first kappa shape index (κ1) is 27.0. The van der Waals surface area contributed by atoms with E-state index in [1.807, 2.05) is 0 Å². The van der Waals surface area contributed by atoms with Gasteiger partial charge in [-0.1, -0.05) is 73.8 Å². The van der Waals surface area contributed by atoms with E-state index in [4.69, 9.17) is 4.74 Å². The van der Waals surface area contributed by atoms with E-state index in [0.29, 0.717) is 12.5 Å². The molecule has 1 N–H and O–H groups in total. The zero-order chi connectivity index (χ0) is 26.3. The molecule has 4 nitrogen and oxygen atoms in total. The molecule has 4 rings (SSSR count). The van der Waals surface area contributed by atoms with Crippen LogP contribution in [0, 0.1) is 18.3 Å². The van der Waals surface area contributed by atoms with Crippen molar-refractivity contribution in [3.63, 3.8) is 0 Å². The Bertz CT molecular complexity index is 1050.